The maximum atomic E-state index is 12.6. The Labute approximate surface area is 136 Å². The highest BCUT2D eigenvalue weighted by Gasteiger charge is 2.26. The molecule has 0 unspecified atom stereocenters. The fraction of sp³-hybridized carbons (Fsp3) is 0.471. The van der Waals surface area contributed by atoms with Crippen molar-refractivity contribution in [3.05, 3.63) is 41.1 Å². The van der Waals surface area contributed by atoms with Crippen LogP contribution in [-0.4, -0.2) is 46.0 Å². The summed E-state index contributed by atoms with van der Waals surface area (Å²) in [6.45, 7) is 4.15. The van der Waals surface area contributed by atoms with E-state index in [4.69, 9.17) is 4.74 Å². The number of hydrogen-bond donors (Lipinski definition) is 0. The Hall–Kier alpha value is -2.37. The Balaban J connectivity index is 1.81. The van der Waals surface area contributed by atoms with E-state index >= 15 is 0 Å². The monoisotopic (exact) mass is 314 g/mol. The lowest BCUT2D eigenvalue weighted by atomic mass is 10.1. The molecule has 1 aromatic heterocycles. The Kier molecular flexibility index (Phi) is 4.60. The molecule has 23 heavy (non-hydrogen) atoms. The van der Waals surface area contributed by atoms with Gasteiger partial charge in [-0.25, -0.2) is 4.68 Å². The van der Waals surface area contributed by atoms with Crippen LogP contribution in [0.5, 0.6) is 5.88 Å². The van der Waals surface area contributed by atoms with Crippen LogP contribution in [-0.2, 0) is 6.54 Å². The van der Waals surface area contributed by atoms with Crippen LogP contribution in [0.3, 0.4) is 0 Å². The predicted octanol–water partition coefficient (Wildman–Crippen LogP) is 2.27. The van der Waals surface area contributed by atoms with Crippen LogP contribution in [0.15, 0.2) is 24.3 Å². The fourth-order valence-corrected chi connectivity index (χ4v) is 2.86. The second kappa shape index (κ2) is 6.81. The number of amides is 1. The van der Waals surface area contributed by atoms with Crippen molar-refractivity contribution in [1.29, 1.82) is 0 Å². The molecule has 6 heteroatoms. The molecule has 0 N–H and O–H groups in total. The Morgan fingerprint density at radius 3 is 2.52 bits per heavy atom. The number of benzene rings is 1. The first kappa shape index (κ1) is 15.5. The van der Waals surface area contributed by atoms with E-state index < -0.39 is 0 Å². The van der Waals surface area contributed by atoms with E-state index in [-0.39, 0.29) is 5.91 Å². The van der Waals surface area contributed by atoms with Crippen LogP contribution in [0, 0.1) is 6.92 Å². The lowest BCUT2D eigenvalue weighted by Gasteiger charge is -2.25. The molecule has 0 saturated carbocycles. The summed E-state index contributed by atoms with van der Waals surface area (Å²) < 4.78 is 7.06. The average Bonchev–Trinajstić information content (AvgIpc) is 2.99. The third-order valence-corrected chi connectivity index (χ3v) is 4.18. The molecule has 2 heterocycles. The zero-order chi connectivity index (χ0) is 16.2. The third-order valence-electron chi connectivity index (χ3n) is 4.18. The number of rotatable bonds is 4. The standard InChI is InChI=1S/C17H22N4O2/c1-13-6-8-14(9-7-13)12-21-17(23-2)15(18-19-21)16(22)20-10-4-3-5-11-20/h6-9H,3-5,10-12H2,1-2H3. The molecule has 0 spiro atoms. The van der Waals surface area contributed by atoms with Crippen molar-refractivity contribution in [3.8, 4) is 5.88 Å². The lowest BCUT2D eigenvalue weighted by Crippen LogP contribution is -2.36. The Morgan fingerprint density at radius 2 is 1.87 bits per heavy atom. The van der Waals surface area contributed by atoms with E-state index in [0.717, 1.165) is 31.5 Å². The van der Waals surface area contributed by atoms with Crippen LogP contribution >= 0.6 is 0 Å². The summed E-state index contributed by atoms with van der Waals surface area (Å²) in [4.78, 5) is 14.5. The van der Waals surface area contributed by atoms with Crippen LogP contribution in [0.4, 0.5) is 0 Å². The molecule has 6 nitrogen and oxygen atoms in total. The van der Waals surface area contributed by atoms with E-state index in [2.05, 4.69) is 29.4 Å². The van der Waals surface area contributed by atoms with Gasteiger partial charge in [-0.05, 0) is 31.7 Å². The minimum atomic E-state index is -0.0864. The van der Waals surface area contributed by atoms with Crippen molar-refractivity contribution >= 4 is 5.91 Å². The number of carbonyl (C=O) groups is 1. The highest BCUT2D eigenvalue weighted by Crippen LogP contribution is 2.21. The van der Waals surface area contributed by atoms with Gasteiger partial charge in [-0.15, -0.1) is 5.10 Å². The lowest BCUT2D eigenvalue weighted by molar-refractivity contribution is 0.0714. The number of carbonyl (C=O) groups excluding carboxylic acids is 1. The zero-order valence-electron chi connectivity index (χ0n) is 13.7. The van der Waals surface area contributed by atoms with Gasteiger partial charge in [0.25, 0.3) is 5.91 Å². The number of aromatic nitrogens is 3. The largest absolute Gasteiger partial charge is 0.479 e. The molecular weight excluding hydrogens is 292 g/mol. The van der Waals surface area contributed by atoms with Gasteiger partial charge < -0.3 is 9.64 Å². The van der Waals surface area contributed by atoms with Crippen LogP contribution in [0.1, 0.15) is 40.9 Å². The SMILES string of the molecule is COc1c(C(=O)N2CCCCC2)nnn1Cc1ccc(C)cc1. The van der Waals surface area contributed by atoms with Gasteiger partial charge in [-0.2, -0.15) is 0 Å². The second-order valence-electron chi connectivity index (χ2n) is 5.94. The first-order chi connectivity index (χ1) is 11.2. The number of piperidine rings is 1. The number of methoxy groups -OCH3 is 1. The molecule has 0 atom stereocenters. The van der Waals surface area contributed by atoms with Gasteiger partial charge in [-0.3, -0.25) is 4.79 Å². The summed E-state index contributed by atoms with van der Waals surface area (Å²) in [7, 11) is 1.55. The Bertz CT molecular complexity index is 672. The van der Waals surface area contributed by atoms with Gasteiger partial charge in [0.2, 0.25) is 11.6 Å². The topological polar surface area (TPSA) is 60.2 Å². The first-order valence-corrected chi connectivity index (χ1v) is 8.01. The maximum Gasteiger partial charge on any atom is 0.280 e. The van der Waals surface area contributed by atoms with E-state index in [1.807, 2.05) is 17.0 Å². The molecule has 122 valence electrons. The number of ether oxygens (including phenoxy) is 1. The molecular formula is C17H22N4O2. The van der Waals surface area contributed by atoms with E-state index in [9.17, 15) is 4.79 Å². The summed E-state index contributed by atoms with van der Waals surface area (Å²) in [5, 5.41) is 8.19. The minimum Gasteiger partial charge on any atom is -0.479 e. The van der Waals surface area contributed by atoms with Crippen molar-refractivity contribution in [2.24, 2.45) is 0 Å². The average molecular weight is 314 g/mol. The molecule has 1 fully saturated rings. The molecule has 1 aliphatic rings. The molecule has 1 aromatic carbocycles. The minimum absolute atomic E-state index is 0.0864. The van der Waals surface area contributed by atoms with Crippen LogP contribution in [0.25, 0.3) is 0 Å². The van der Waals surface area contributed by atoms with Gasteiger partial charge in [0, 0.05) is 13.1 Å². The number of hydrogen-bond acceptors (Lipinski definition) is 4. The summed E-state index contributed by atoms with van der Waals surface area (Å²) in [6, 6.07) is 8.20. The Morgan fingerprint density at radius 1 is 1.17 bits per heavy atom. The molecule has 2 aromatic rings. The van der Waals surface area contributed by atoms with Crippen LogP contribution in [0.2, 0.25) is 0 Å². The number of nitrogens with zero attached hydrogens (tertiary/aromatic N) is 4. The van der Waals surface area contributed by atoms with Crippen molar-refractivity contribution in [1.82, 2.24) is 19.9 Å². The van der Waals surface area contributed by atoms with E-state index in [1.54, 1.807) is 11.8 Å². The molecule has 0 bridgehead atoms. The molecule has 1 saturated heterocycles. The van der Waals surface area contributed by atoms with Gasteiger partial charge in [0.1, 0.15) is 0 Å². The highest BCUT2D eigenvalue weighted by atomic mass is 16.5. The highest BCUT2D eigenvalue weighted by molar-refractivity contribution is 5.94. The first-order valence-electron chi connectivity index (χ1n) is 8.01. The molecule has 3 rings (SSSR count). The molecule has 1 aliphatic heterocycles. The van der Waals surface area contributed by atoms with Gasteiger partial charge in [0.15, 0.2) is 0 Å². The smallest absolute Gasteiger partial charge is 0.280 e. The van der Waals surface area contributed by atoms with Crippen molar-refractivity contribution in [3.63, 3.8) is 0 Å². The normalized spacial score (nSPS) is 14.8. The zero-order valence-corrected chi connectivity index (χ0v) is 13.7. The summed E-state index contributed by atoms with van der Waals surface area (Å²) >= 11 is 0. The fourth-order valence-electron chi connectivity index (χ4n) is 2.86. The summed E-state index contributed by atoms with van der Waals surface area (Å²) in [5.41, 5.74) is 2.61. The number of likely N-dealkylation sites (tertiary alicyclic amines) is 1. The molecule has 0 aliphatic carbocycles. The maximum absolute atomic E-state index is 12.6. The summed E-state index contributed by atoms with van der Waals surface area (Å²) in [5.74, 6) is 0.345. The van der Waals surface area contributed by atoms with Crippen molar-refractivity contribution < 1.29 is 9.53 Å². The summed E-state index contributed by atoms with van der Waals surface area (Å²) in [6.07, 6.45) is 3.28. The van der Waals surface area contributed by atoms with Gasteiger partial charge in [-0.1, -0.05) is 35.0 Å². The van der Waals surface area contributed by atoms with Crippen molar-refractivity contribution in [2.45, 2.75) is 32.7 Å². The van der Waals surface area contributed by atoms with E-state index in [1.165, 1.54) is 12.0 Å². The van der Waals surface area contributed by atoms with Gasteiger partial charge in [0.05, 0.1) is 13.7 Å². The predicted molar refractivity (Wildman–Crippen MR) is 86.6 cm³/mol. The third kappa shape index (κ3) is 3.36. The quantitative estimate of drug-likeness (QED) is 0.868. The van der Waals surface area contributed by atoms with Crippen LogP contribution < -0.4 is 4.74 Å². The second-order valence-corrected chi connectivity index (χ2v) is 5.94. The number of aryl methyl sites for hydroxylation is 1. The van der Waals surface area contributed by atoms with Crippen molar-refractivity contribution in [2.75, 3.05) is 20.2 Å². The molecule has 0 radical (unpaired) electrons. The molecule has 1 amide bonds. The van der Waals surface area contributed by atoms with Gasteiger partial charge >= 0.3 is 0 Å². The van der Waals surface area contributed by atoms with E-state index in [0.29, 0.717) is 18.1 Å².